The van der Waals surface area contributed by atoms with Crippen LogP contribution >= 0.6 is 0 Å². The van der Waals surface area contributed by atoms with Gasteiger partial charge in [0.15, 0.2) is 0 Å². The van der Waals surface area contributed by atoms with Crippen molar-refractivity contribution in [2.75, 3.05) is 0 Å². The van der Waals surface area contributed by atoms with E-state index in [1.165, 1.54) is 24.3 Å². The molecule has 0 bridgehead atoms. The van der Waals surface area contributed by atoms with E-state index in [1.807, 2.05) is 0 Å². The summed E-state index contributed by atoms with van der Waals surface area (Å²) >= 11 is 0. The van der Waals surface area contributed by atoms with Gasteiger partial charge in [-0.25, -0.2) is 8.78 Å². The summed E-state index contributed by atoms with van der Waals surface area (Å²) in [7, 11) is 0. The largest absolute Gasteiger partial charge is 0.408 e. The Morgan fingerprint density at radius 1 is 1.04 bits per heavy atom. The Labute approximate surface area is 134 Å². The number of amides is 1. The molecule has 0 saturated heterocycles. The second-order valence-corrected chi connectivity index (χ2v) is 5.05. The Kier molecular flexibility index (Phi) is 5.18. The van der Waals surface area contributed by atoms with Gasteiger partial charge in [0.1, 0.15) is 17.7 Å². The lowest BCUT2D eigenvalue weighted by Gasteiger charge is -2.23. The highest BCUT2D eigenvalue weighted by Gasteiger charge is 2.43. The van der Waals surface area contributed by atoms with Crippen LogP contribution < -0.4 is 11.1 Å². The summed E-state index contributed by atoms with van der Waals surface area (Å²) in [5.74, 6) is -3.24. The summed E-state index contributed by atoms with van der Waals surface area (Å²) in [5.41, 5.74) is 4.58. The molecule has 0 aliphatic carbocycles. The van der Waals surface area contributed by atoms with Gasteiger partial charge in [-0.3, -0.25) is 10.1 Å². The van der Waals surface area contributed by atoms with Gasteiger partial charge in [0.25, 0.3) is 0 Å². The molecule has 2 aromatic carbocycles. The van der Waals surface area contributed by atoms with Crippen molar-refractivity contribution in [2.45, 2.75) is 18.8 Å². The third kappa shape index (κ3) is 4.08. The van der Waals surface area contributed by atoms with E-state index in [-0.39, 0.29) is 12.1 Å². The monoisotopic (exact) mass is 344 g/mol. The van der Waals surface area contributed by atoms with Crippen LogP contribution in [-0.4, -0.2) is 12.1 Å². The van der Waals surface area contributed by atoms with Crippen LogP contribution in [0, 0.1) is 11.6 Å². The van der Waals surface area contributed by atoms with Gasteiger partial charge in [0, 0.05) is 17.7 Å². The van der Waals surface area contributed by atoms with Crippen LogP contribution in [0.25, 0.3) is 0 Å². The summed E-state index contributed by atoms with van der Waals surface area (Å²) in [6, 6.07) is 5.52. The maximum atomic E-state index is 13.7. The summed E-state index contributed by atoms with van der Waals surface area (Å²) in [5, 5.41) is 2.10. The minimum Gasteiger partial charge on any atom is -0.366 e. The first kappa shape index (κ1) is 17.9. The van der Waals surface area contributed by atoms with E-state index in [0.717, 1.165) is 18.2 Å². The van der Waals surface area contributed by atoms with Crippen LogP contribution in [0.2, 0.25) is 0 Å². The van der Waals surface area contributed by atoms with E-state index in [9.17, 15) is 26.7 Å². The molecule has 3 N–H and O–H groups in total. The molecular weight excluding hydrogens is 331 g/mol. The van der Waals surface area contributed by atoms with Gasteiger partial charge in [-0.1, -0.05) is 18.2 Å². The number of carbonyl (C=O) groups excluding carboxylic acids is 1. The third-order valence-corrected chi connectivity index (χ3v) is 3.36. The fourth-order valence-electron chi connectivity index (χ4n) is 2.17. The van der Waals surface area contributed by atoms with E-state index in [0.29, 0.717) is 5.56 Å². The van der Waals surface area contributed by atoms with Crippen molar-refractivity contribution in [3.8, 4) is 0 Å². The lowest BCUT2D eigenvalue weighted by atomic mass is 10.0. The predicted octanol–water partition coefficient (Wildman–Crippen LogP) is 3.46. The van der Waals surface area contributed by atoms with Crippen molar-refractivity contribution in [1.29, 1.82) is 0 Å². The zero-order chi connectivity index (χ0) is 17.9. The molecule has 2 rings (SSSR count). The standard InChI is InChI=1S/C16H13F5N2O/c17-11-2-1-3-12(18)13(11)14(16(19,20)21)23-8-9-4-6-10(7-5-9)15(22)24/h1-7,14,23H,8H2,(H2,22,24)/t14-/m1/s1. The van der Waals surface area contributed by atoms with E-state index in [1.54, 1.807) is 0 Å². The first-order valence-corrected chi connectivity index (χ1v) is 6.83. The summed E-state index contributed by atoms with van der Waals surface area (Å²) in [6.07, 6.45) is -4.89. The topological polar surface area (TPSA) is 55.1 Å². The number of benzene rings is 2. The molecule has 0 aliphatic rings. The van der Waals surface area contributed by atoms with Crippen LogP contribution in [0.15, 0.2) is 42.5 Å². The second kappa shape index (κ2) is 6.96. The van der Waals surface area contributed by atoms with Gasteiger partial charge in [0.2, 0.25) is 5.91 Å². The molecule has 8 heteroatoms. The molecule has 0 heterocycles. The third-order valence-electron chi connectivity index (χ3n) is 3.36. The fraction of sp³-hybridized carbons (Fsp3) is 0.188. The van der Waals surface area contributed by atoms with E-state index >= 15 is 0 Å². The van der Waals surface area contributed by atoms with Crippen LogP contribution in [-0.2, 0) is 6.54 Å². The zero-order valence-corrected chi connectivity index (χ0v) is 12.2. The SMILES string of the molecule is NC(=O)c1ccc(CN[C@H](c2c(F)cccc2F)C(F)(F)F)cc1. The van der Waals surface area contributed by atoms with Gasteiger partial charge in [-0.05, 0) is 29.8 Å². The van der Waals surface area contributed by atoms with E-state index in [2.05, 4.69) is 5.32 Å². The number of rotatable bonds is 5. The second-order valence-electron chi connectivity index (χ2n) is 5.05. The Hall–Kier alpha value is -2.48. The minimum atomic E-state index is -4.89. The zero-order valence-electron chi connectivity index (χ0n) is 12.2. The molecule has 0 fully saturated rings. The van der Waals surface area contributed by atoms with E-state index < -0.39 is 35.3 Å². The first-order valence-electron chi connectivity index (χ1n) is 6.83. The number of alkyl halides is 3. The molecule has 3 nitrogen and oxygen atoms in total. The maximum Gasteiger partial charge on any atom is 0.408 e. The smallest absolute Gasteiger partial charge is 0.366 e. The van der Waals surface area contributed by atoms with Crippen LogP contribution in [0.4, 0.5) is 22.0 Å². The molecule has 0 aromatic heterocycles. The highest BCUT2D eigenvalue weighted by atomic mass is 19.4. The van der Waals surface area contributed by atoms with Gasteiger partial charge < -0.3 is 5.73 Å². The summed E-state index contributed by atoms with van der Waals surface area (Å²) < 4.78 is 66.9. The van der Waals surface area contributed by atoms with Gasteiger partial charge in [-0.2, -0.15) is 13.2 Å². The molecule has 2 aromatic rings. The Bertz CT molecular complexity index is 708. The van der Waals surface area contributed by atoms with Crippen LogP contribution in [0.5, 0.6) is 0 Å². The van der Waals surface area contributed by atoms with E-state index in [4.69, 9.17) is 5.73 Å². The molecule has 0 aliphatic heterocycles. The minimum absolute atomic E-state index is 0.200. The molecule has 1 amide bonds. The number of hydrogen-bond acceptors (Lipinski definition) is 2. The number of hydrogen-bond donors (Lipinski definition) is 2. The molecule has 0 spiro atoms. The first-order chi connectivity index (χ1) is 11.2. The van der Waals surface area contributed by atoms with Gasteiger partial charge in [0.05, 0.1) is 0 Å². The number of nitrogens with one attached hydrogen (secondary N) is 1. The number of primary amides is 1. The molecular formula is C16H13F5N2O. The van der Waals surface area contributed by atoms with Gasteiger partial charge >= 0.3 is 6.18 Å². The lowest BCUT2D eigenvalue weighted by molar-refractivity contribution is -0.159. The number of halogens is 5. The van der Waals surface area contributed by atoms with Crippen molar-refractivity contribution in [2.24, 2.45) is 5.73 Å². The molecule has 1 atom stereocenters. The molecule has 128 valence electrons. The predicted molar refractivity (Wildman–Crippen MR) is 77.0 cm³/mol. The van der Waals surface area contributed by atoms with Crippen molar-refractivity contribution in [3.05, 3.63) is 70.8 Å². The average molecular weight is 344 g/mol. The molecule has 0 saturated carbocycles. The van der Waals surface area contributed by atoms with Crippen LogP contribution in [0.1, 0.15) is 27.5 Å². The highest BCUT2D eigenvalue weighted by Crippen LogP contribution is 2.35. The van der Waals surface area contributed by atoms with Crippen molar-refractivity contribution < 1.29 is 26.7 Å². The highest BCUT2D eigenvalue weighted by molar-refractivity contribution is 5.92. The summed E-state index contributed by atoms with van der Waals surface area (Å²) in [6.45, 7) is -0.309. The quantitative estimate of drug-likeness (QED) is 0.816. The fourth-order valence-corrected chi connectivity index (χ4v) is 2.17. The average Bonchev–Trinajstić information content (AvgIpc) is 2.49. The van der Waals surface area contributed by atoms with Gasteiger partial charge in [-0.15, -0.1) is 0 Å². The van der Waals surface area contributed by atoms with Crippen LogP contribution in [0.3, 0.4) is 0 Å². The van der Waals surface area contributed by atoms with Crippen molar-refractivity contribution in [1.82, 2.24) is 5.32 Å². The number of carbonyl (C=O) groups is 1. The van der Waals surface area contributed by atoms with Crippen molar-refractivity contribution in [3.63, 3.8) is 0 Å². The Morgan fingerprint density at radius 3 is 2.04 bits per heavy atom. The Morgan fingerprint density at radius 2 is 1.58 bits per heavy atom. The van der Waals surface area contributed by atoms with Crippen molar-refractivity contribution >= 4 is 5.91 Å². The number of nitrogens with two attached hydrogens (primary N) is 1. The molecule has 0 unspecified atom stereocenters. The maximum absolute atomic E-state index is 13.7. The summed E-state index contributed by atoms with van der Waals surface area (Å²) in [4.78, 5) is 10.9. The normalized spacial score (nSPS) is 12.9. The Balaban J connectivity index is 2.23. The lowest BCUT2D eigenvalue weighted by Crippen LogP contribution is -2.35. The molecule has 0 radical (unpaired) electrons. The molecule has 24 heavy (non-hydrogen) atoms.